The topological polar surface area (TPSA) is 274 Å². The van der Waals surface area contributed by atoms with Crippen molar-refractivity contribution in [3.8, 4) is 21.4 Å². The molecule has 0 aliphatic carbocycles. The number of hydrogen-bond acceptors (Lipinski definition) is 23. The van der Waals surface area contributed by atoms with Gasteiger partial charge in [-0.05, 0) is 78.9 Å². The van der Waals surface area contributed by atoms with Crippen LogP contribution in [0, 0.1) is 0 Å². The highest BCUT2D eigenvalue weighted by atomic mass is 79.9. The van der Waals surface area contributed by atoms with Crippen molar-refractivity contribution in [1.82, 2.24) is 81.5 Å². The molecule has 40 heteroatoms. The Balaban J connectivity index is 0.000000183. The fourth-order valence-corrected chi connectivity index (χ4v) is 7.83. The van der Waals surface area contributed by atoms with Crippen molar-refractivity contribution in [3.63, 3.8) is 0 Å². The highest BCUT2D eigenvalue weighted by Gasteiger charge is 2.40. The van der Waals surface area contributed by atoms with Crippen LogP contribution in [0.25, 0.3) is 21.4 Å². The molecule has 0 aromatic carbocycles. The zero-order valence-electron chi connectivity index (χ0n) is 40.1. The number of halogens is 17. The molecule has 21 nitrogen and oxygen atoms in total. The lowest BCUT2D eigenvalue weighted by atomic mass is 10.2. The molecule has 0 aliphatic rings. The maximum Gasteiger partial charge on any atom is 0.471 e. The van der Waals surface area contributed by atoms with Gasteiger partial charge in [0.1, 0.15) is 5.82 Å². The number of alkyl halides is 16. The Bertz CT molecular complexity index is 3600. The van der Waals surface area contributed by atoms with E-state index in [4.69, 9.17) is 17.3 Å². The predicted molar refractivity (Wildman–Crippen MR) is 264 cm³/mol. The summed E-state index contributed by atoms with van der Waals surface area (Å²) in [5.74, 6) is -2.35. The first-order valence-electron chi connectivity index (χ1n) is 21.6. The van der Waals surface area contributed by atoms with E-state index in [1.807, 2.05) is 0 Å². The molecule has 0 aliphatic heterocycles. The third kappa shape index (κ3) is 19.8. The standard InChI is InChI=1S/C17H9F6N7OS.C9H6F3N5.C8H4BrF3N2OS.C5H2ClF3N2.C4H5N3/c18-16(19,20)9-6-13(28-25-7-9)30(12-2-1-5-24-27-12)8-10-3-4-11(32-10)14-26-15(31-29-14)17(21,22)23;10-9(11,12)6-4-8(17-14-5-6)15-7-2-1-3-13-16-7;9-3-4-1-2-5(16-4)6-13-7(15-14-6)8(10,11)12;6-4-1-3(2-10-11-4)5(7,8)9;5-4-2-1-3-6-7-4/h1-7H,8H2;1-5H,(H,15,16,17);1-2H,3H2;1-2H;1-3H,(H2,5,7). The van der Waals surface area contributed by atoms with E-state index in [-0.39, 0.29) is 45.7 Å². The van der Waals surface area contributed by atoms with Gasteiger partial charge in [0.15, 0.2) is 28.4 Å². The van der Waals surface area contributed by atoms with E-state index in [2.05, 4.69) is 112 Å². The summed E-state index contributed by atoms with van der Waals surface area (Å²) in [5.41, 5.74) is 2.41. The lowest BCUT2D eigenvalue weighted by Gasteiger charge is -2.21. The number of nitrogens with zero attached hydrogens (tertiary/aromatic N) is 17. The summed E-state index contributed by atoms with van der Waals surface area (Å²) in [6.07, 6.45) is -16.6. The van der Waals surface area contributed by atoms with Crippen LogP contribution in [0.2, 0.25) is 5.15 Å². The first-order chi connectivity index (χ1) is 39.1. The van der Waals surface area contributed by atoms with Crippen LogP contribution in [-0.2, 0) is 42.8 Å². The molecule has 0 fully saturated rings. The summed E-state index contributed by atoms with van der Waals surface area (Å²) in [6.45, 7) is -0.0245. The van der Waals surface area contributed by atoms with Crippen molar-refractivity contribution >= 4 is 79.3 Å². The molecule has 10 aromatic rings. The molecule has 0 unspecified atom stereocenters. The normalized spacial score (nSPS) is 11.6. The van der Waals surface area contributed by atoms with Gasteiger partial charge in [-0.1, -0.05) is 37.8 Å². The van der Waals surface area contributed by atoms with Crippen molar-refractivity contribution in [3.05, 3.63) is 159 Å². The molecule has 0 spiro atoms. The van der Waals surface area contributed by atoms with E-state index < -0.39 is 59.4 Å². The average Bonchev–Trinajstić information content (AvgIpc) is 4.53. The summed E-state index contributed by atoms with van der Waals surface area (Å²) >= 11 is 10.8. The number of hydrogen-bond donors (Lipinski definition) is 2. The van der Waals surface area contributed by atoms with Gasteiger partial charge in [0.2, 0.25) is 11.6 Å². The molecular weight excluding hydrogens is 1280 g/mol. The van der Waals surface area contributed by atoms with Crippen LogP contribution in [0.4, 0.5) is 94.9 Å². The quantitative estimate of drug-likeness (QED) is 0.100. The highest BCUT2D eigenvalue weighted by molar-refractivity contribution is 9.08. The number of nitrogen functional groups attached to an aromatic ring is 1. The second-order valence-electron chi connectivity index (χ2n) is 14.9. The largest absolute Gasteiger partial charge is 0.471 e. The van der Waals surface area contributed by atoms with Crippen LogP contribution in [0.15, 0.2) is 125 Å². The van der Waals surface area contributed by atoms with Gasteiger partial charge < -0.3 is 25.0 Å². The zero-order valence-corrected chi connectivity index (χ0v) is 44.1. The minimum atomic E-state index is -4.78. The average molecular weight is 1310 g/mol. The second kappa shape index (κ2) is 27.8. The Kier molecular flexibility index (Phi) is 21.3. The third-order valence-electron chi connectivity index (χ3n) is 8.98. The lowest BCUT2D eigenvalue weighted by Crippen LogP contribution is -2.20. The third-order valence-corrected chi connectivity index (χ3v) is 12.3. The number of aromatic nitrogens is 16. The summed E-state index contributed by atoms with van der Waals surface area (Å²) in [5, 5.41) is 51.6. The van der Waals surface area contributed by atoms with Crippen LogP contribution in [0.1, 0.15) is 38.2 Å². The maximum absolute atomic E-state index is 13.1. The van der Waals surface area contributed by atoms with Gasteiger partial charge in [-0.3, -0.25) is 0 Å². The first kappa shape index (κ1) is 63.5. The smallest absolute Gasteiger partial charge is 0.382 e. The van der Waals surface area contributed by atoms with Crippen LogP contribution < -0.4 is 16.0 Å². The van der Waals surface area contributed by atoms with Gasteiger partial charge in [-0.2, -0.15) is 106 Å². The van der Waals surface area contributed by atoms with Gasteiger partial charge in [-0.25, -0.2) is 0 Å². The number of rotatable bonds is 9. The number of nitrogens with one attached hydrogen (secondary N) is 1. The Labute approximate surface area is 473 Å². The van der Waals surface area contributed by atoms with Gasteiger partial charge in [0.25, 0.3) is 0 Å². The summed E-state index contributed by atoms with van der Waals surface area (Å²) in [4.78, 5) is 10.3. The monoisotopic (exact) mass is 1300 g/mol. The highest BCUT2D eigenvalue weighted by Crippen LogP contribution is 2.37. The van der Waals surface area contributed by atoms with Gasteiger partial charge in [0, 0.05) is 33.7 Å². The molecule has 10 aromatic heterocycles. The molecule has 0 saturated heterocycles. The molecule has 0 bridgehead atoms. The van der Waals surface area contributed by atoms with E-state index in [9.17, 15) is 65.9 Å². The maximum atomic E-state index is 13.1. The van der Waals surface area contributed by atoms with Crippen molar-refractivity contribution in [2.24, 2.45) is 0 Å². The molecule has 83 heavy (non-hydrogen) atoms. The molecule has 0 amide bonds. The van der Waals surface area contributed by atoms with Crippen molar-refractivity contribution in [2.75, 3.05) is 16.0 Å². The Hall–Kier alpha value is -8.72. The molecule has 0 saturated carbocycles. The minimum absolute atomic E-state index is 0.0245. The van der Waals surface area contributed by atoms with Crippen LogP contribution in [0.5, 0.6) is 0 Å². The lowest BCUT2D eigenvalue weighted by molar-refractivity contribution is -0.160. The molecule has 0 atom stereocenters. The van der Waals surface area contributed by atoms with E-state index in [1.165, 1.54) is 46.8 Å². The van der Waals surface area contributed by atoms with Gasteiger partial charge in [-0.15, -0.1) is 53.3 Å². The molecule has 10 heterocycles. The van der Waals surface area contributed by atoms with Crippen LogP contribution in [-0.4, -0.2) is 81.5 Å². The zero-order chi connectivity index (χ0) is 60.6. The Morgan fingerprint density at radius 2 is 0.976 bits per heavy atom. The van der Waals surface area contributed by atoms with Gasteiger partial charge in [0.05, 0.1) is 51.6 Å². The summed E-state index contributed by atoms with van der Waals surface area (Å²) < 4.78 is 195. The molecule has 436 valence electrons. The van der Waals surface area contributed by atoms with E-state index in [0.29, 0.717) is 51.4 Å². The fraction of sp³-hybridized carbons (Fsp3) is 0.163. The fourth-order valence-electron chi connectivity index (χ4n) is 5.44. The second-order valence-corrected chi connectivity index (χ2v) is 18.2. The Morgan fingerprint density at radius 1 is 0.506 bits per heavy atom. The SMILES string of the molecule is FC(F)(F)c1cnnc(Cl)c1.FC(F)(F)c1cnnc(N(Cc2ccc(-c3noc(C(F)(F)F)n3)s2)c2cccnn2)c1.FC(F)(F)c1cnnc(Nc2cccnn2)c1.FC(F)(F)c1nc(-c2ccc(CBr)s2)no1.Nc1cccnn1. The van der Waals surface area contributed by atoms with Gasteiger partial charge >= 0.3 is 42.7 Å². The molecule has 0 radical (unpaired) electrons. The van der Waals surface area contributed by atoms with E-state index >= 15 is 0 Å². The van der Waals surface area contributed by atoms with Crippen molar-refractivity contribution < 1.29 is 74.9 Å². The van der Waals surface area contributed by atoms with Crippen molar-refractivity contribution in [1.29, 1.82) is 0 Å². The van der Waals surface area contributed by atoms with Crippen LogP contribution in [0.3, 0.4) is 0 Å². The molecular formula is C43H26BrClF15N19O2S2. The first-order valence-corrected chi connectivity index (χ1v) is 24.7. The molecule has 3 N–H and O–H groups in total. The van der Waals surface area contributed by atoms with E-state index in [0.717, 1.165) is 28.3 Å². The summed E-state index contributed by atoms with van der Waals surface area (Å²) in [7, 11) is 0. The predicted octanol–water partition coefficient (Wildman–Crippen LogP) is 12.7. The number of nitrogens with two attached hydrogens (primary N) is 1. The van der Waals surface area contributed by atoms with Crippen molar-refractivity contribution in [2.45, 2.75) is 42.8 Å². The minimum Gasteiger partial charge on any atom is -0.382 e. The van der Waals surface area contributed by atoms with Crippen LogP contribution >= 0.6 is 50.2 Å². The molecule has 10 rings (SSSR count). The number of anilines is 5. The number of thiophene rings is 2. The summed E-state index contributed by atoms with van der Waals surface area (Å²) in [6, 6.07) is 18.5. The van der Waals surface area contributed by atoms with E-state index in [1.54, 1.807) is 48.7 Å². The Morgan fingerprint density at radius 3 is 1.41 bits per heavy atom.